The average Bonchev–Trinajstić information content (AvgIpc) is 2.14. The van der Waals surface area contributed by atoms with E-state index in [-0.39, 0.29) is 15.8 Å². The molecule has 0 aliphatic rings. The van der Waals surface area contributed by atoms with Gasteiger partial charge >= 0.3 is 12.3 Å². The number of carboxylic acid groups (broad SMARTS) is 1. The molecule has 0 aliphatic heterocycles. The monoisotopic (exact) mass is 362 g/mol. The fourth-order valence-corrected chi connectivity index (χ4v) is 1.91. The Kier molecular flexibility index (Phi) is 4.14. The van der Waals surface area contributed by atoms with Gasteiger partial charge in [0.2, 0.25) is 0 Å². The molecular weight excluding hydrogens is 356 g/mol. The van der Waals surface area contributed by atoms with Crippen LogP contribution in [0.15, 0.2) is 6.20 Å². The molecule has 1 aromatic rings. The number of carboxylic acids is 1. The molecule has 9 heteroatoms. The van der Waals surface area contributed by atoms with Crippen LogP contribution < -0.4 is 10.5 Å². The first-order valence-electron chi connectivity index (χ1n) is 4.12. The fourth-order valence-electron chi connectivity index (χ4n) is 1.05. The van der Waals surface area contributed by atoms with Crippen LogP contribution >= 0.6 is 22.6 Å². The number of halogens is 4. The highest BCUT2D eigenvalue weighted by atomic mass is 127. The molecule has 0 amide bonds. The third-order valence-electron chi connectivity index (χ3n) is 1.69. The number of hydrogen-bond donors (Lipinski definition) is 2. The van der Waals surface area contributed by atoms with Crippen molar-refractivity contribution in [2.75, 3.05) is 0 Å². The molecule has 0 radical (unpaired) electrons. The molecule has 5 nitrogen and oxygen atoms in total. The zero-order valence-electron chi connectivity index (χ0n) is 8.08. The van der Waals surface area contributed by atoms with Crippen molar-refractivity contribution in [2.24, 2.45) is 5.73 Å². The maximum absolute atomic E-state index is 12.0. The minimum Gasteiger partial charge on any atom is -0.478 e. The van der Waals surface area contributed by atoms with E-state index in [4.69, 9.17) is 10.8 Å². The number of aromatic nitrogens is 1. The predicted molar refractivity (Wildman–Crippen MR) is 58.5 cm³/mol. The number of ether oxygens (including phenoxy) is 1. The van der Waals surface area contributed by atoms with Crippen LogP contribution in [0.3, 0.4) is 0 Å². The molecule has 0 aliphatic carbocycles. The van der Waals surface area contributed by atoms with Crippen LogP contribution in [0.2, 0.25) is 0 Å². The Morgan fingerprint density at radius 1 is 1.59 bits per heavy atom. The van der Waals surface area contributed by atoms with Crippen molar-refractivity contribution in [3.63, 3.8) is 0 Å². The SMILES string of the molecule is NCc1ncc(OC(F)(F)F)c(C(=O)O)c1I. The van der Waals surface area contributed by atoms with Crippen LogP contribution in [0.1, 0.15) is 16.1 Å². The molecule has 0 saturated heterocycles. The summed E-state index contributed by atoms with van der Waals surface area (Å²) in [5.41, 5.74) is 4.87. The van der Waals surface area contributed by atoms with Crippen LogP contribution in [0.4, 0.5) is 13.2 Å². The van der Waals surface area contributed by atoms with Crippen LogP contribution in [-0.2, 0) is 6.54 Å². The molecule has 1 heterocycles. The van der Waals surface area contributed by atoms with Gasteiger partial charge in [0.25, 0.3) is 0 Å². The lowest BCUT2D eigenvalue weighted by Crippen LogP contribution is -2.20. The van der Waals surface area contributed by atoms with Crippen molar-refractivity contribution < 1.29 is 27.8 Å². The Morgan fingerprint density at radius 3 is 2.59 bits per heavy atom. The first-order valence-corrected chi connectivity index (χ1v) is 5.20. The maximum Gasteiger partial charge on any atom is 0.573 e. The third kappa shape index (κ3) is 3.43. The zero-order chi connectivity index (χ0) is 13.2. The quantitative estimate of drug-likeness (QED) is 0.801. The lowest BCUT2D eigenvalue weighted by Gasteiger charge is -2.13. The second-order valence-electron chi connectivity index (χ2n) is 2.82. The Labute approximate surface area is 107 Å². The Hall–Kier alpha value is -1.10. The summed E-state index contributed by atoms with van der Waals surface area (Å²) in [7, 11) is 0. The van der Waals surface area contributed by atoms with Gasteiger partial charge in [0.15, 0.2) is 5.75 Å². The molecule has 0 aromatic carbocycles. The van der Waals surface area contributed by atoms with Gasteiger partial charge in [0.05, 0.1) is 15.5 Å². The van der Waals surface area contributed by atoms with Gasteiger partial charge in [0.1, 0.15) is 5.56 Å². The molecule has 0 unspecified atom stereocenters. The van der Waals surface area contributed by atoms with E-state index in [2.05, 4.69) is 9.72 Å². The highest BCUT2D eigenvalue weighted by molar-refractivity contribution is 14.1. The molecule has 0 fully saturated rings. The van der Waals surface area contributed by atoms with Gasteiger partial charge in [-0.25, -0.2) is 4.79 Å². The number of pyridine rings is 1. The van der Waals surface area contributed by atoms with Crippen molar-refractivity contribution in [3.8, 4) is 5.75 Å². The number of rotatable bonds is 3. The van der Waals surface area contributed by atoms with E-state index in [1.165, 1.54) is 0 Å². The van der Waals surface area contributed by atoms with Gasteiger partial charge < -0.3 is 15.6 Å². The van der Waals surface area contributed by atoms with Crippen molar-refractivity contribution in [3.05, 3.63) is 21.0 Å². The number of aromatic carboxylic acids is 1. The van der Waals surface area contributed by atoms with Crippen LogP contribution in [0, 0.1) is 3.57 Å². The van der Waals surface area contributed by atoms with Crippen LogP contribution in [0.5, 0.6) is 5.75 Å². The van der Waals surface area contributed by atoms with E-state index in [9.17, 15) is 18.0 Å². The standard InChI is InChI=1S/C8H6F3IN2O3/c9-8(10,11)17-4-2-14-3(1-13)6(12)5(4)7(15)16/h2H,1,13H2,(H,15,16). The third-order valence-corrected chi connectivity index (χ3v) is 2.85. The minimum absolute atomic E-state index is 0.0272. The van der Waals surface area contributed by atoms with E-state index < -0.39 is 23.6 Å². The zero-order valence-corrected chi connectivity index (χ0v) is 10.2. The summed E-state index contributed by atoms with van der Waals surface area (Å²) >= 11 is 1.56. The largest absolute Gasteiger partial charge is 0.573 e. The van der Waals surface area contributed by atoms with E-state index in [1.54, 1.807) is 22.6 Å². The molecule has 0 spiro atoms. The second kappa shape index (κ2) is 5.04. The normalized spacial score (nSPS) is 11.4. The number of hydrogen-bond acceptors (Lipinski definition) is 4. The fraction of sp³-hybridized carbons (Fsp3) is 0.250. The van der Waals surface area contributed by atoms with Crippen molar-refractivity contribution in [1.29, 1.82) is 0 Å². The maximum atomic E-state index is 12.0. The summed E-state index contributed by atoms with van der Waals surface area (Å²) in [4.78, 5) is 14.5. The highest BCUT2D eigenvalue weighted by Gasteiger charge is 2.34. The first kappa shape index (κ1) is 14.0. The van der Waals surface area contributed by atoms with E-state index in [1.807, 2.05) is 0 Å². The summed E-state index contributed by atoms with van der Waals surface area (Å²) in [6.45, 7) is -0.0785. The van der Waals surface area contributed by atoms with Gasteiger partial charge in [-0.2, -0.15) is 0 Å². The number of nitrogens with two attached hydrogens (primary N) is 1. The van der Waals surface area contributed by atoms with Gasteiger partial charge in [-0.05, 0) is 22.6 Å². The topological polar surface area (TPSA) is 85.4 Å². The molecule has 94 valence electrons. The smallest absolute Gasteiger partial charge is 0.478 e. The average molecular weight is 362 g/mol. The van der Waals surface area contributed by atoms with Gasteiger partial charge in [0, 0.05) is 6.54 Å². The highest BCUT2D eigenvalue weighted by Crippen LogP contribution is 2.30. The van der Waals surface area contributed by atoms with Crippen molar-refractivity contribution in [1.82, 2.24) is 4.98 Å². The molecule has 1 rings (SSSR count). The first-order chi connectivity index (χ1) is 7.76. The van der Waals surface area contributed by atoms with E-state index in [0.29, 0.717) is 6.20 Å². The van der Waals surface area contributed by atoms with E-state index in [0.717, 1.165) is 0 Å². The Bertz CT molecular complexity index is 450. The number of carbonyl (C=O) groups is 1. The van der Waals surface area contributed by atoms with Gasteiger partial charge in [-0.15, -0.1) is 13.2 Å². The molecule has 0 atom stereocenters. The van der Waals surface area contributed by atoms with E-state index >= 15 is 0 Å². The molecule has 17 heavy (non-hydrogen) atoms. The number of nitrogens with zero attached hydrogens (tertiary/aromatic N) is 1. The van der Waals surface area contributed by atoms with Crippen LogP contribution in [0.25, 0.3) is 0 Å². The second-order valence-corrected chi connectivity index (χ2v) is 3.89. The Balaban J connectivity index is 3.32. The predicted octanol–water partition coefficient (Wildman–Crippen LogP) is 1.74. The molecule has 0 saturated carbocycles. The Morgan fingerprint density at radius 2 is 2.18 bits per heavy atom. The van der Waals surface area contributed by atoms with Gasteiger partial charge in [-0.3, -0.25) is 4.98 Å². The summed E-state index contributed by atoms with van der Waals surface area (Å²) in [6.07, 6.45) is -4.28. The molecule has 1 aromatic heterocycles. The summed E-state index contributed by atoms with van der Waals surface area (Å²) in [5.74, 6) is -2.39. The minimum atomic E-state index is -4.97. The van der Waals surface area contributed by atoms with Gasteiger partial charge in [-0.1, -0.05) is 0 Å². The molecule has 3 N–H and O–H groups in total. The van der Waals surface area contributed by atoms with Crippen LogP contribution in [-0.4, -0.2) is 22.4 Å². The summed E-state index contributed by atoms with van der Waals surface area (Å²) in [5, 5.41) is 8.84. The van der Waals surface area contributed by atoms with Crippen molar-refractivity contribution in [2.45, 2.75) is 12.9 Å². The lowest BCUT2D eigenvalue weighted by atomic mass is 10.2. The summed E-state index contributed by atoms with van der Waals surface area (Å²) < 4.78 is 39.7. The molecule has 0 bridgehead atoms. The van der Waals surface area contributed by atoms with Crippen molar-refractivity contribution >= 4 is 28.6 Å². The lowest BCUT2D eigenvalue weighted by molar-refractivity contribution is -0.274. The number of alkyl halides is 3. The molecular formula is C8H6F3IN2O3. The summed E-state index contributed by atoms with van der Waals surface area (Å²) in [6, 6.07) is 0.